The Kier molecular flexibility index (Phi) is 2.59. The molecule has 0 bridgehead atoms. The number of rotatable bonds is 3. The molecular weight excluding hydrogens is 158 g/mol. The van der Waals surface area contributed by atoms with Crippen molar-refractivity contribution in [1.82, 2.24) is 4.90 Å². The molecule has 12 heavy (non-hydrogen) atoms. The lowest BCUT2D eigenvalue weighted by molar-refractivity contribution is -0.163. The third kappa shape index (κ3) is 1.28. The van der Waals surface area contributed by atoms with Crippen LogP contribution in [0.2, 0.25) is 0 Å². The third-order valence-electron chi connectivity index (χ3n) is 1.96. The number of carbonyl (C=O) groups excluding carboxylic acids is 2. The first kappa shape index (κ1) is 9.35. The fraction of sp³-hybridized carbons (Fsp3) is 0.750. The number of hydrogen-bond donors (Lipinski definition) is 0. The molecule has 1 aliphatic carbocycles. The van der Waals surface area contributed by atoms with Crippen LogP contribution in [0.4, 0.5) is 0 Å². The average Bonchev–Trinajstić information content (AvgIpc) is 2.02. The van der Waals surface area contributed by atoms with Crippen molar-refractivity contribution >= 4 is 11.6 Å². The largest absolute Gasteiger partial charge is 0.368 e. The second-order valence-electron chi connectivity index (χ2n) is 3.01. The van der Waals surface area contributed by atoms with E-state index >= 15 is 0 Å². The highest BCUT2D eigenvalue weighted by molar-refractivity contribution is 6.48. The van der Waals surface area contributed by atoms with E-state index in [-0.39, 0.29) is 11.8 Å². The molecule has 0 aliphatic heterocycles. The minimum atomic E-state index is -0.530. The molecule has 0 N–H and O–H groups in total. The van der Waals surface area contributed by atoms with Gasteiger partial charge in [-0.1, -0.05) is 0 Å². The van der Waals surface area contributed by atoms with E-state index in [4.69, 9.17) is 4.74 Å². The molecule has 4 heteroatoms. The molecule has 0 aromatic heterocycles. The zero-order valence-corrected chi connectivity index (χ0v) is 7.53. The van der Waals surface area contributed by atoms with E-state index in [0.717, 1.165) is 0 Å². The monoisotopic (exact) mass is 171 g/mol. The van der Waals surface area contributed by atoms with Gasteiger partial charge < -0.3 is 4.74 Å². The summed E-state index contributed by atoms with van der Waals surface area (Å²) in [6.07, 6.45) is -0.530. The summed E-state index contributed by atoms with van der Waals surface area (Å²) in [6, 6.07) is -0.363. The van der Waals surface area contributed by atoms with Crippen LogP contribution in [-0.4, -0.2) is 49.3 Å². The van der Waals surface area contributed by atoms with Crippen LogP contribution in [0.3, 0.4) is 0 Å². The van der Waals surface area contributed by atoms with E-state index < -0.39 is 11.9 Å². The molecule has 2 unspecified atom stereocenters. The number of likely N-dealkylation sites (N-methyl/N-ethyl adjacent to an activating group) is 1. The quantitative estimate of drug-likeness (QED) is 0.536. The zero-order valence-electron chi connectivity index (χ0n) is 7.53. The molecule has 0 saturated heterocycles. The van der Waals surface area contributed by atoms with Crippen molar-refractivity contribution in [2.45, 2.75) is 19.1 Å². The van der Waals surface area contributed by atoms with Gasteiger partial charge in [-0.3, -0.25) is 14.5 Å². The van der Waals surface area contributed by atoms with Crippen LogP contribution in [0.1, 0.15) is 6.92 Å². The van der Waals surface area contributed by atoms with Gasteiger partial charge in [0.15, 0.2) is 0 Å². The van der Waals surface area contributed by atoms with Crippen molar-refractivity contribution in [3.8, 4) is 0 Å². The standard InChI is InChI=1S/C8H13NO3/c1-4-12-8-5(9(2)3)6(10)7(8)11/h5,8H,4H2,1-3H3. The van der Waals surface area contributed by atoms with E-state index in [1.807, 2.05) is 6.92 Å². The minimum absolute atomic E-state index is 0.335. The molecule has 0 amide bonds. The van der Waals surface area contributed by atoms with Gasteiger partial charge in [0, 0.05) is 6.61 Å². The Morgan fingerprint density at radius 2 is 1.92 bits per heavy atom. The van der Waals surface area contributed by atoms with Crippen LogP contribution >= 0.6 is 0 Å². The number of hydrogen-bond acceptors (Lipinski definition) is 4. The normalized spacial score (nSPS) is 29.3. The van der Waals surface area contributed by atoms with Gasteiger partial charge in [-0.15, -0.1) is 0 Å². The van der Waals surface area contributed by atoms with E-state index in [1.165, 1.54) is 0 Å². The molecule has 2 atom stereocenters. The first-order valence-corrected chi connectivity index (χ1v) is 3.95. The number of nitrogens with zero attached hydrogens (tertiary/aromatic N) is 1. The maximum atomic E-state index is 11.0. The average molecular weight is 171 g/mol. The molecule has 0 aromatic rings. The number of carbonyl (C=O) groups is 2. The maximum absolute atomic E-state index is 11.0. The summed E-state index contributed by atoms with van der Waals surface area (Å²) in [5.74, 6) is -0.728. The van der Waals surface area contributed by atoms with Crippen molar-refractivity contribution in [2.24, 2.45) is 0 Å². The number of Topliss-reactive ketones (excluding diaryl/α,β-unsaturated/α-hetero) is 2. The summed E-state index contributed by atoms with van der Waals surface area (Å²) in [5.41, 5.74) is 0. The van der Waals surface area contributed by atoms with Gasteiger partial charge >= 0.3 is 0 Å². The van der Waals surface area contributed by atoms with Crippen LogP contribution in [0, 0.1) is 0 Å². The lowest BCUT2D eigenvalue weighted by Crippen LogP contribution is -2.64. The second kappa shape index (κ2) is 3.33. The molecule has 0 heterocycles. The Hall–Kier alpha value is -0.740. The van der Waals surface area contributed by atoms with E-state index in [2.05, 4.69) is 0 Å². The first-order chi connectivity index (χ1) is 5.59. The lowest BCUT2D eigenvalue weighted by Gasteiger charge is -2.36. The van der Waals surface area contributed by atoms with Gasteiger partial charge in [0.2, 0.25) is 11.6 Å². The smallest absolute Gasteiger partial charge is 0.230 e. The van der Waals surface area contributed by atoms with Gasteiger partial charge in [0.05, 0.1) is 0 Å². The highest BCUT2D eigenvalue weighted by Gasteiger charge is 2.51. The predicted molar refractivity (Wildman–Crippen MR) is 42.9 cm³/mol. The Balaban J connectivity index is 2.62. The molecule has 1 rings (SSSR count). The molecule has 68 valence electrons. The maximum Gasteiger partial charge on any atom is 0.230 e. The van der Waals surface area contributed by atoms with Crippen molar-refractivity contribution in [3.05, 3.63) is 0 Å². The highest BCUT2D eigenvalue weighted by atomic mass is 16.5. The molecule has 1 saturated carbocycles. The fourth-order valence-electron chi connectivity index (χ4n) is 1.32. The Morgan fingerprint density at radius 1 is 1.33 bits per heavy atom. The van der Waals surface area contributed by atoms with E-state index in [0.29, 0.717) is 6.61 Å². The molecule has 1 fully saturated rings. The molecule has 1 aliphatic rings. The molecular formula is C8H13NO3. The van der Waals surface area contributed by atoms with Crippen molar-refractivity contribution in [1.29, 1.82) is 0 Å². The summed E-state index contributed by atoms with van der Waals surface area (Å²) >= 11 is 0. The summed E-state index contributed by atoms with van der Waals surface area (Å²) in [6.45, 7) is 2.27. The summed E-state index contributed by atoms with van der Waals surface area (Å²) < 4.78 is 5.12. The minimum Gasteiger partial charge on any atom is -0.368 e. The van der Waals surface area contributed by atoms with Gasteiger partial charge in [-0.2, -0.15) is 0 Å². The number of ketones is 2. The SMILES string of the molecule is CCOC1C(=O)C(=O)C1N(C)C. The van der Waals surface area contributed by atoms with Crippen LogP contribution < -0.4 is 0 Å². The van der Waals surface area contributed by atoms with Crippen LogP contribution in [0.5, 0.6) is 0 Å². The molecule has 0 radical (unpaired) electrons. The van der Waals surface area contributed by atoms with E-state index in [1.54, 1.807) is 19.0 Å². The van der Waals surface area contributed by atoms with Gasteiger partial charge in [0.25, 0.3) is 0 Å². The molecule has 4 nitrogen and oxygen atoms in total. The predicted octanol–water partition coefficient (Wildman–Crippen LogP) is -0.527. The Morgan fingerprint density at radius 3 is 2.33 bits per heavy atom. The van der Waals surface area contributed by atoms with Gasteiger partial charge in [-0.05, 0) is 21.0 Å². The summed E-state index contributed by atoms with van der Waals surface area (Å²) in [7, 11) is 3.53. The van der Waals surface area contributed by atoms with E-state index in [9.17, 15) is 9.59 Å². The molecule has 0 spiro atoms. The second-order valence-corrected chi connectivity index (χ2v) is 3.01. The summed E-state index contributed by atoms with van der Waals surface area (Å²) in [4.78, 5) is 23.7. The Bertz CT molecular complexity index is 212. The van der Waals surface area contributed by atoms with Gasteiger partial charge in [0.1, 0.15) is 12.1 Å². The van der Waals surface area contributed by atoms with Crippen molar-refractivity contribution in [3.63, 3.8) is 0 Å². The third-order valence-corrected chi connectivity index (χ3v) is 1.96. The van der Waals surface area contributed by atoms with Crippen molar-refractivity contribution in [2.75, 3.05) is 20.7 Å². The van der Waals surface area contributed by atoms with Crippen molar-refractivity contribution < 1.29 is 14.3 Å². The van der Waals surface area contributed by atoms with Crippen LogP contribution in [-0.2, 0) is 14.3 Å². The van der Waals surface area contributed by atoms with Crippen LogP contribution in [0.25, 0.3) is 0 Å². The highest BCUT2D eigenvalue weighted by Crippen LogP contribution is 2.19. The summed E-state index contributed by atoms with van der Waals surface area (Å²) in [5, 5.41) is 0. The topological polar surface area (TPSA) is 46.6 Å². The lowest BCUT2D eigenvalue weighted by atomic mass is 9.85. The first-order valence-electron chi connectivity index (χ1n) is 3.95. The fourth-order valence-corrected chi connectivity index (χ4v) is 1.32. The van der Waals surface area contributed by atoms with Crippen LogP contribution in [0.15, 0.2) is 0 Å². The molecule has 0 aromatic carbocycles. The van der Waals surface area contributed by atoms with Gasteiger partial charge in [-0.25, -0.2) is 0 Å². The number of ether oxygens (including phenoxy) is 1. The Labute approximate surface area is 71.5 Å². The zero-order chi connectivity index (χ0) is 9.30.